The Balaban J connectivity index is 1.67. The topological polar surface area (TPSA) is 38.0 Å². The molecule has 1 atom stereocenters. The number of hydrogen-bond donors (Lipinski definition) is 2. The number of benzene rings is 3. The summed E-state index contributed by atoms with van der Waals surface area (Å²) in [6.45, 7) is 0.828. The molecule has 2 nitrogen and oxygen atoms in total. The fraction of sp³-hybridized carbons (Fsp3) is 0.200. The SMILES string of the molecule is NCC(Cc1ccc2ccccc2c1)NCc1cc(F)cc(F)c1. The van der Waals surface area contributed by atoms with Crippen LogP contribution >= 0.6 is 0 Å². The van der Waals surface area contributed by atoms with Crippen molar-refractivity contribution in [3.05, 3.63) is 83.4 Å². The molecule has 0 fully saturated rings. The van der Waals surface area contributed by atoms with E-state index in [0.717, 1.165) is 12.5 Å². The molecular weight excluding hydrogens is 306 g/mol. The second-order valence-corrected chi connectivity index (χ2v) is 5.98. The highest BCUT2D eigenvalue weighted by Gasteiger charge is 2.09. The van der Waals surface area contributed by atoms with Gasteiger partial charge in [0.05, 0.1) is 0 Å². The minimum Gasteiger partial charge on any atom is -0.329 e. The number of rotatable bonds is 6. The number of fused-ring (bicyclic) bond motifs is 1. The summed E-state index contributed by atoms with van der Waals surface area (Å²) in [5.74, 6) is -1.13. The van der Waals surface area contributed by atoms with Gasteiger partial charge in [0, 0.05) is 25.2 Å². The average molecular weight is 326 g/mol. The summed E-state index contributed by atoms with van der Waals surface area (Å²) in [7, 11) is 0. The normalized spacial score (nSPS) is 12.5. The van der Waals surface area contributed by atoms with E-state index < -0.39 is 11.6 Å². The molecule has 0 aromatic heterocycles. The Morgan fingerprint density at radius 1 is 0.833 bits per heavy atom. The maximum absolute atomic E-state index is 13.2. The molecule has 0 aliphatic rings. The number of nitrogens with one attached hydrogen (secondary N) is 1. The largest absolute Gasteiger partial charge is 0.329 e. The molecule has 0 aliphatic carbocycles. The van der Waals surface area contributed by atoms with Gasteiger partial charge in [0.15, 0.2) is 0 Å². The predicted molar refractivity (Wildman–Crippen MR) is 93.7 cm³/mol. The van der Waals surface area contributed by atoms with Crippen LogP contribution in [0.2, 0.25) is 0 Å². The summed E-state index contributed by atoms with van der Waals surface area (Å²) >= 11 is 0. The molecule has 3 aromatic carbocycles. The van der Waals surface area contributed by atoms with E-state index in [2.05, 4.69) is 35.6 Å². The molecule has 124 valence electrons. The van der Waals surface area contributed by atoms with Gasteiger partial charge in [0.25, 0.3) is 0 Å². The van der Waals surface area contributed by atoms with Gasteiger partial charge in [-0.1, -0.05) is 42.5 Å². The van der Waals surface area contributed by atoms with E-state index in [1.165, 1.54) is 28.5 Å². The Bertz CT molecular complexity index is 812. The summed E-state index contributed by atoms with van der Waals surface area (Å²) in [5, 5.41) is 5.67. The van der Waals surface area contributed by atoms with E-state index in [1.54, 1.807) is 0 Å². The Morgan fingerprint density at radius 2 is 1.54 bits per heavy atom. The van der Waals surface area contributed by atoms with Gasteiger partial charge in [-0.2, -0.15) is 0 Å². The Hall–Kier alpha value is -2.30. The monoisotopic (exact) mass is 326 g/mol. The quantitative estimate of drug-likeness (QED) is 0.723. The Kier molecular flexibility index (Phi) is 5.18. The maximum Gasteiger partial charge on any atom is 0.126 e. The van der Waals surface area contributed by atoms with Gasteiger partial charge in [-0.05, 0) is 40.5 Å². The lowest BCUT2D eigenvalue weighted by Crippen LogP contribution is -2.37. The van der Waals surface area contributed by atoms with Crippen LogP contribution in [-0.2, 0) is 13.0 Å². The molecule has 0 heterocycles. The van der Waals surface area contributed by atoms with Crippen LogP contribution in [0.25, 0.3) is 10.8 Å². The van der Waals surface area contributed by atoms with Crippen LogP contribution in [0.5, 0.6) is 0 Å². The summed E-state index contributed by atoms with van der Waals surface area (Å²) in [6.07, 6.45) is 0.763. The molecule has 3 N–H and O–H groups in total. The van der Waals surface area contributed by atoms with Gasteiger partial charge >= 0.3 is 0 Å². The van der Waals surface area contributed by atoms with Crippen LogP contribution in [0.15, 0.2) is 60.7 Å². The van der Waals surface area contributed by atoms with Crippen molar-refractivity contribution in [2.45, 2.75) is 19.0 Å². The predicted octanol–water partition coefficient (Wildman–Crippen LogP) is 3.78. The molecule has 1 unspecified atom stereocenters. The van der Waals surface area contributed by atoms with Crippen LogP contribution < -0.4 is 11.1 Å². The van der Waals surface area contributed by atoms with Gasteiger partial charge in [-0.25, -0.2) is 8.78 Å². The van der Waals surface area contributed by atoms with Crippen molar-refractivity contribution in [3.8, 4) is 0 Å². The lowest BCUT2D eigenvalue weighted by molar-refractivity contribution is 0.510. The van der Waals surface area contributed by atoms with Crippen molar-refractivity contribution >= 4 is 10.8 Å². The molecule has 0 amide bonds. The van der Waals surface area contributed by atoms with E-state index >= 15 is 0 Å². The molecule has 0 saturated heterocycles. The summed E-state index contributed by atoms with van der Waals surface area (Å²) in [4.78, 5) is 0. The minimum atomic E-state index is -0.564. The van der Waals surface area contributed by atoms with Gasteiger partial charge in [-0.3, -0.25) is 0 Å². The van der Waals surface area contributed by atoms with Crippen LogP contribution in [0.1, 0.15) is 11.1 Å². The lowest BCUT2D eigenvalue weighted by atomic mass is 10.0. The zero-order valence-corrected chi connectivity index (χ0v) is 13.3. The molecule has 0 radical (unpaired) electrons. The molecule has 0 spiro atoms. The van der Waals surface area contributed by atoms with Crippen molar-refractivity contribution in [2.24, 2.45) is 5.73 Å². The highest BCUT2D eigenvalue weighted by atomic mass is 19.1. The van der Waals surface area contributed by atoms with Crippen LogP contribution in [0.4, 0.5) is 8.78 Å². The lowest BCUT2D eigenvalue weighted by Gasteiger charge is -2.17. The second kappa shape index (κ2) is 7.51. The average Bonchev–Trinajstić information content (AvgIpc) is 2.57. The van der Waals surface area contributed by atoms with E-state index in [9.17, 15) is 8.78 Å². The summed E-state index contributed by atoms with van der Waals surface area (Å²) in [6, 6.07) is 18.1. The van der Waals surface area contributed by atoms with E-state index in [-0.39, 0.29) is 6.04 Å². The van der Waals surface area contributed by atoms with Gasteiger partial charge in [0.1, 0.15) is 11.6 Å². The first kappa shape index (κ1) is 16.6. The van der Waals surface area contributed by atoms with Crippen LogP contribution in [-0.4, -0.2) is 12.6 Å². The zero-order valence-electron chi connectivity index (χ0n) is 13.3. The van der Waals surface area contributed by atoms with Gasteiger partial charge in [0.2, 0.25) is 0 Å². The molecule has 3 rings (SSSR count). The maximum atomic E-state index is 13.2. The fourth-order valence-corrected chi connectivity index (χ4v) is 2.86. The van der Waals surface area contributed by atoms with Crippen molar-refractivity contribution in [2.75, 3.05) is 6.54 Å². The van der Waals surface area contributed by atoms with Crippen LogP contribution in [0.3, 0.4) is 0 Å². The Morgan fingerprint density at radius 3 is 2.25 bits per heavy atom. The zero-order chi connectivity index (χ0) is 16.9. The van der Waals surface area contributed by atoms with E-state index in [4.69, 9.17) is 5.73 Å². The first-order valence-corrected chi connectivity index (χ1v) is 8.00. The smallest absolute Gasteiger partial charge is 0.126 e. The molecule has 0 aliphatic heterocycles. The number of nitrogens with two attached hydrogens (primary N) is 1. The molecule has 3 aromatic rings. The third-order valence-electron chi connectivity index (χ3n) is 4.10. The summed E-state index contributed by atoms with van der Waals surface area (Å²) < 4.78 is 26.5. The molecule has 0 bridgehead atoms. The highest BCUT2D eigenvalue weighted by molar-refractivity contribution is 5.82. The van der Waals surface area contributed by atoms with Crippen molar-refractivity contribution < 1.29 is 8.78 Å². The van der Waals surface area contributed by atoms with Crippen molar-refractivity contribution in [3.63, 3.8) is 0 Å². The molecule has 4 heteroatoms. The van der Waals surface area contributed by atoms with Gasteiger partial charge in [-0.15, -0.1) is 0 Å². The van der Waals surface area contributed by atoms with Crippen LogP contribution in [0, 0.1) is 11.6 Å². The second-order valence-electron chi connectivity index (χ2n) is 5.98. The first-order chi connectivity index (χ1) is 11.6. The van der Waals surface area contributed by atoms with Crippen molar-refractivity contribution in [1.29, 1.82) is 0 Å². The molecular formula is C20H20F2N2. The molecule has 24 heavy (non-hydrogen) atoms. The third kappa shape index (κ3) is 4.16. The summed E-state index contributed by atoms with van der Waals surface area (Å²) in [5.41, 5.74) is 7.60. The van der Waals surface area contributed by atoms with E-state index in [0.29, 0.717) is 18.7 Å². The van der Waals surface area contributed by atoms with Gasteiger partial charge < -0.3 is 11.1 Å². The first-order valence-electron chi connectivity index (χ1n) is 8.00. The highest BCUT2D eigenvalue weighted by Crippen LogP contribution is 2.17. The molecule has 0 saturated carbocycles. The number of halogens is 2. The number of hydrogen-bond acceptors (Lipinski definition) is 2. The standard InChI is InChI=1S/C20H20F2N2/c21-18-8-15(9-19(22)11-18)13-24-20(12-23)10-14-5-6-16-3-1-2-4-17(16)7-14/h1-9,11,20,24H,10,12-13,23H2. The minimum absolute atomic E-state index is 0.0393. The third-order valence-corrected chi connectivity index (χ3v) is 4.10. The van der Waals surface area contributed by atoms with E-state index in [1.807, 2.05) is 12.1 Å². The Labute approximate surface area is 140 Å². The fourth-order valence-electron chi connectivity index (χ4n) is 2.86. The van der Waals surface area contributed by atoms with Crippen molar-refractivity contribution in [1.82, 2.24) is 5.32 Å².